The molecule has 1 aromatic rings. The van der Waals surface area contributed by atoms with Crippen LogP contribution in [0, 0.1) is 17.8 Å². The lowest BCUT2D eigenvalue weighted by molar-refractivity contribution is -0.136. The maximum atomic E-state index is 13.6. The Balaban J connectivity index is 1.25. The molecule has 3 heterocycles. The molecular weight excluding hydrogens is 418 g/mol. The van der Waals surface area contributed by atoms with Crippen molar-refractivity contribution >= 4 is 11.9 Å². The molecule has 3 N–H and O–H groups in total. The van der Waals surface area contributed by atoms with Crippen molar-refractivity contribution in [2.45, 2.75) is 88.6 Å². The third kappa shape index (κ3) is 4.04. The van der Waals surface area contributed by atoms with Crippen LogP contribution in [0.1, 0.15) is 80.9 Å². The fourth-order valence-electron chi connectivity index (χ4n) is 7.69. The van der Waals surface area contributed by atoms with Crippen LogP contribution in [-0.2, 0) is 4.74 Å². The number of nitrogens with one attached hydrogen (secondary N) is 2. The number of nitrogens with zero attached hydrogens (tertiary/aromatic N) is 3. The first-order valence-electron chi connectivity index (χ1n) is 12.9. The molecule has 4 aliphatic carbocycles. The summed E-state index contributed by atoms with van der Waals surface area (Å²) in [6.45, 7) is 6.74. The Bertz CT molecular complexity index is 893. The van der Waals surface area contributed by atoms with Gasteiger partial charge in [0.15, 0.2) is 0 Å². The molecular formula is C25H37N5O3. The Hall–Kier alpha value is -1.77. The van der Waals surface area contributed by atoms with Crippen molar-refractivity contribution in [1.29, 1.82) is 0 Å². The van der Waals surface area contributed by atoms with E-state index in [1.165, 1.54) is 0 Å². The number of hydrogen-bond donors (Lipinski definition) is 3. The maximum Gasteiger partial charge on any atom is 0.255 e. The van der Waals surface area contributed by atoms with Crippen LogP contribution in [0.4, 0.5) is 5.95 Å². The highest BCUT2D eigenvalue weighted by molar-refractivity contribution is 5.95. The van der Waals surface area contributed by atoms with E-state index in [1.807, 2.05) is 0 Å². The van der Waals surface area contributed by atoms with E-state index in [0.717, 1.165) is 63.7 Å². The lowest BCUT2D eigenvalue weighted by atomic mass is 9.52. The number of amides is 1. The topological polar surface area (TPSA) is 99.6 Å². The van der Waals surface area contributed by atoms with Gasteiger partial charge in [-0.25, -0.2) is 9.97 Å². The molecule has 7 rings (SSSR count). The zero-order valence-electron chi connectivity index (χ0n) is 19.8. The number of piperazine rings is 1. The third-order valence-corrected chi connectivity index (χ3v) is 8.66. The summed E-state index contributed by atoms with van der Waals surface area (Å²) in [5.41, 5.74) is 0.786. The Morgan fingerprint density at radius 2 is 1.94 bits per heavy atom. The predicted molar refractivity (Wildman–Crippen MR) is 124 cm³/mol. The van der Waals surface area contributed by atoms with Gasteiger partial charge in [0, 0.05) is 44.0 Å². The van der Waals surface area contributed by atoms with Crippen molar-refractivity contribution in [2.75, 3.05) is 24.6 Å². The summed E-state index contributed by atoms with van der Waals surface area (Å²) in [6, 6.07) is 0.859. The smallest absolute Gasteiger partial charge is 0.255 e. The van der Waals surface area contributed by atoms with Crippen molar-refractivity contribution in [3.63, 3.8) is 0 Å². The Morgan fingerprint density at radius 1 is 1.21 bits per heavy atom. The number of ether oxygens (including phenoxy) is 1. The predicted octanol–water partition coefficient (Wildman–Crippen LogP) is 2.18. The molecule has 33 heavy (non-hydrogen) atoms. The van der Waals surface area contributed by atoms with Crippen LogP contribution < -0.4 is 15.5 Å². The summed E-state index contributed by atoms with van der Waals surface area (Å²) in [5, 5.41) is 17.8. The summed E-state index contributed by atoms with van der Waals surface area (Å²) in [5.74, 6) is 1.97. The Kier molecular flexibility index (Phi) is 5.38. The molecule has 0 aromatic carbocycles. The van der Waals surface area contributed by atoms with Crippen LogP contribution in [0.2, 0.25) is 0 Å². The number of aromatic nitrogens is 2. The summed E-state index contributed by atoms with van der Waals surface area (Å²) >= 11 is 0. The molecule has 6 fully saturated rings. The highest BCUT2D eigenvalue weighted by Gasteiger charge is 2.55. The van der Waals surface area contributed by atoms with Crippen molar-refractivity contribution in [1.82, 2.24) is 20.6 Å². The van der Waals surface area contributed by atoms with Crippen LogP contribution in [0.25, 0.3) is 0 Å². The molecule has 8 heteroatoms. The lowest BCUT2D eigenvalue weighted by Crippen LogP contribution is -2.61. The molecule has 1 aromatic heterocycles. The molecule has 2 aliphatic heterocycles. The average Bonchev–Trinajstić information content (AvgIpc) is 3.29. The van der Waals surface area contributed by atoms with Gasteiger partial charge in [0.1, 0.15) is 6.10 Å². The first kappa shape index (κ1) is 21.7. The summed E-state index contributed by atoms with van der Waals surface area (Å²) in [6.07, 6.45) is 8.27. The number of aliphatic hydroxyl groups is 1. The first-order chi connectivity index (χ1) is 15.9. The highest BCUT2D eigenvalue weighted by Crippen LogP contribution is 2.55. The molecule has 0 radical (unpaired) electrons. The van der Waals surface area contributed by atoms with Crippen LogP contribution in [0.15, 0.2) is 6.20 Å². The van der Waals surface area contributed by atoms with Gasteiger partial charge in [-0.3, -0.25) is 4.79 Å². The quantitative estimate of drug-likeness (QED) is 0.640. The fourth-order valence-corrected chi connectivity index (χ4v) is 7.69. The largest absolute Gasteiger partial charge is 0.390 e. The minimum atomic E-state index is -0.497. The van der Waals surface area contributed by atoms with E-state index in [0.29, 0.717) is 48.0 Å². The van der Waals surface area contributed by atoms with E-state index < -0.39 is 5.60 Å². The van der Waals surface area contributed by atoms with E-state index in [-0.39, 0.29) is 18.1 Å². The van der Waals surface area contributed by atoms with Gasteiger partial charge in [0.2, 0.25) is 5.95 Å². The number of rotatable bonds is 4. The van der Waals surface area contributed by atoms with Gasteiger partial charge in [0.05, 0.1) is 16.9 Å². The molecule has 4 bridgehead atoms. The number of carbonyl (C=O) groups excluding carboxylic acids is 1. The second-order valence-electron chi connectivity index (χ2n) is 11.5. The standard InChI is InChI=1S/C25H37N5O3/c1-14-12-30(13-15(2)27-14)24-26-11-19(22(29-24)20-4-3-5-33-20)23(31)28-21-17-6-16-7-18(21)10-25(32,8-16)9-17/h11,14-18,20-21,27,32H,3-10,12-13H2,1-2H3,(H,28,31). The monoisotopic (exact) mass is 455 g/mol. The minimum absolute atomic E-state index is 0.0847. The fraction of sp³-hybridized carbons (Fsp3) is 0.800. The molecule has 5 unspecified atom stereocenters. The van der Waals surface area contributed by atoms with Crippen molar-refractivity contribution < 1.29 is 14.6 Å². The summed E-state index contributed by atoms with van der Waals surface area (Å²) in [4.78, 5) is 25.3. The molecule has 8 nitrogen and oxygen atoms in total. The highest BCUT2D eigenvalue weighted by atomic mass is 16.5. The van der Waals surface area contributed by atoms with Gasteiger partial charge in [-0.1, -0.05) is 0 Å². The van der Waals surface area contributed by atoms with E-state index in [9.17, 15) is 9.90 Å². The van der Waals surface area contributed by atoms with E-state index in [1.54, 1.807) is 6.20 Å². The van der Waals surface area contributed by atoms with Gasteiger partial charge in [-0.2, -0.15) is 0 Å². The van der Waals surface area contributed by atoms with Gasteiger partial charge >= 0.3 is 0 Å². The number of carbonyl (C=O) groups is 1. The normalized spacial score (nSPS) is 42.0. The number of anilines is 1. The Morgan fingerprint density at radius 3 is 2.58 bits per heavy atom. The number of hydrogen-bond acceptors (Lipinski definition) is 7. The molecule has 4 saturated carbocycles. The van der Waals surface area contributed by atoms with Crippen LogP contribution in [0.5, 0.6) is 0 Å². The van der Waals surface area contributed by atoms with Gasteiger partial charge < -0.3 is 25.4 Å². The van der Waals surface area contributed by atoms with E-state index >= 15 is 0 Å². The van der Waals surface area contributed by atoms with E-state index in [2.05, 4.69) is 34.4 Å². The van der Waals surface area contributed by atoms with Crippen LogP contribution >= 0.6 is 0 Å². The van der Waals surface area contributed by atoms with Crippen LogP contribution in [0.3, 0.4) is 0 Å². The van der Waals surface area contributed by atoms with Crippen LogP contribution in [-0.4, -0.2) is 64.4 Å². The van der Waals surface area contributed by atoms with Gasteiger partial charge in [-0.05, 0) is 76.5 Å². The second kappa shape index (κ2) is 8.17. The minimum Gasteiger partial charge on any atom is -0.390 e. The maximum absolute atomic E-state index is 13.6. The summed E-state index contributed by atoms with van der Waals surface area (Å²) in [7, 11) is 0. The average molecular weight is 456 g/mol. The molecule has 6 aliphatic rings. The SMILES string of the molecule is CC1CN(c2ncc(C(=O)NC3C4CC5CC3CC(O)(C5)C4)c(C3CCCO3)n2)CC(C)N1. The van der Waals surface area contributed by atoms with Gasteiger partial charge in [-0.15, -0.1) is 0 Å². The molecule has 5 atom stereocenters. The zero-order valence-corrected chi connectivity index (χ0v) is 19.8. The molecule has 1 amide bonds. The second-order valence-corrected chi connectivity index (χ2v) is 11.5. The molecule has 2 saturated heterocycles. The Labute approximate surface area is 195 Å². The van der Waals surface area contributed by atoms with E-state index in [4.69, 9.17) is 9.72 Å². The molecule has 180 valence electrons. The van der Waals surface area contributed by atoms with Gasteiger partial charge in [0.25, 0.3) is 5.91 Å². The third-order valence-electron chi connectivity index (χ3n) is 8.66. The zero-order chi connectivity index (χ0) is 22.7. The van der Waals surface area contributed by atoms with Crippen molar-refractivity contribution in [3.05, 3.63) is 17.5 Å². The first-order valence-corrected chi connectivity index (χ1v) is 12.9. The lowest BCUT2D eigenvalue weighted by Gasteiger charge is -2.58. The summed E-state index contributed by atoms with van der Waals surface area (Å²) < 4.78 is 5.98. The molecule has 0 spiro atoms. The van der Waals surface area contributed by atoms with Crippen molar-refractivity contribution in [3.8, 4) is 0 Å². The van der Waals surface area contributed by atoms with Crippen molar-refractivity contribution in [2.24, 2.45) is 17.8 Å².